The molecule has 0 spiro atoms. The fraction of sp³-hybridized carbons (Fsp3) is 0.333. The molecule has 0 heterocycles. The summed E-state index contributed by atoms with van der Waals surface area (Å²) >= 11 is 7.21. The summed E-state index contributed by atoms with van der Waals surface area (Å²) < 4.78 is 0. The second-order valence-corrected chi connectivity index (χ2v) is 5.06. The summed E-state index contributed by atoms with van der Waals surface area (Å²) in [6.45, 7) is 0. The van der Waals surface area contributed by atoms with Crippen LogP contribution in [0.25, 0.3) is 0 Å². The van der Waals surface area contributed by atoms with E-state index in [0.29, 0.717) is 22.8 Å². The summed E-state index contributed by atoms with van der Waals surface area (Å²) in [6, 6.07) is 5.26. The van der Waals surface area contributed by atoms with Gasteiger partial charge in [0.15, 0.2) is 0 Å². The Kier molecular flexibility index (Phi) is 6.01. The predicted molar refractivity (Wildman–Crippen MR) is 70.7 cm³/mol. The third kappa shape index (κ3) is 4.58. The summed E-state index contributed by atoms with van der Waals surface area (Å²) in [5.41, 5.74) is 0.370. The number of carboxylic acids is 1. The van der Waals surface area contributed by atoms with Crippen molar-refractivity contribution in [2.45, 2.75) is 12.5 Å². The highest BCUT2D eigenvalue weighted by Crippen LogP contribution is 2.10. The van der Waals surface area contributed by atoms with Crippen LogP contribution < -0.4 is 10.4 Å². The van der Waals surface area contributed by atoms with E-state index in [0.717, 1.165) is 0 Å². The minimum Gasteiger partial charge on any atom is -0.548 e. The zero-order valence-electron chi connectivity index (χ0n) is 9.81. The molecule has 0 unspecified atom stereocenters. The molecule has 0 fully saturated rings. The van der Waals surface area contributed by atoms with Crippen LogP contribution in [0.3, 0.4) is 0 Å². The average molecular weight is 287 g/mol. The molecule has 1 N–H and O–H groups in total. The van der Waals surface area contributed by atoms with Crippen molar-refractivity contribution in [3.05, 3.63) is 34.9 Å². The van der Waals surface area contributed by atoms with Gasteiger partial charge >= 0.3 is 0 Å². The molecule has 0 saturated heterocycles. The van der Waals surface area contributed by atoms with E-state index in [9.17, 15) is 14.7 Å². The molecule has 1 amide bonds. The van der Waals surface area contributed by atoms with Gasteiger partial charge in [-0.15, -0.1) is 0 Å². The lowest BCUT2D eigenvalue weighted by atomic mass is 10.1. The maximum atomic E-state index is 11.8. The van der Waals surface area contributed by atoms with Crippen LogP contribution in [-0.4, -0.2) is 29.9 Å². The van der Waals surface area contributed by atoms with Crippen LogP contribution in [0.1, 0.15) is 16.8 Å². The molecule has 0 aromatic heterocycles. The van der Waals surface area contributed by atoms with Gasteiger partial charge in [0, 0.05) is 10.6 Å². The second-order valence-electron chi connectivity index (χ2n) is 3.63. The van der Waals surface area contributed by atoms with Crippen LogP contribution in [0.5, 0.6) is 0 Å². The zero-order chi connectivity index (χ0) is 13.5. The summed E-state index contributed by atoms with van der Waals surface area (Å²) in [5, 5.41) is 13.8. The van der Waals surface area contributed by atoms with Crippen LogP contribution in [0, 0.1) is 0 Å². The Morgan fingerprint density at radius 2 is 2.00 bits per heavy atom. The van der Waals surface area contributed by atoms with Crippen molar-refractivity contribution in [2.24, 2.45) is 0 Å². The number of carbonyl (C=O) groups is 2. The highest BCUT2D eigenvalue weighted by Gasteiger charge is 2.14. The van der Waals surface area contributed by atoms with Gasteiger partial charge in [0.05, 0.1) is 12.0 Å². The predicted octanol–water partition coefficient (Wildman–Crippen LogP) is 0.941. The average Bonchev–Trinajstić information content (AvgIpc) is 2.34. The van der Waals surface area contributed by atoms with Crippen LogP contribution in [0.15, 0.2) is 24.3 Å². The lowest BCUT2D eigenvalue weighted by molar-refractivity contribution is -0.308. The molecule has 0 bridgehead atoms. The lowest BCUT2D eigenvalue weighted by Gasteiger charge is -2.19. The van der Waals surface area contributed by atoms with E-state index in [1.165, 1.54) is 11.8 Å². The number of halogens is 1. The Hall–Kier alpha value is -1.20. The Morgan fingerprint density at radius 3 is 2.50 bits per heavy atom. The first-order valence-corrected chi connectivity index (χ1v) is 7.08. The maximum Gasteiger partial charge on any atom is 0.251 e. The van der Waals surface area contributed by atoms with Crippen molar-refractivity contribution < 1.29 is 14.7 Å². The molecule has 1 aromatic carbocycles. The minimum atomic E-state index is -1.27. The van der Waals surface area contributed by atoms with Crippen molar-refractivity contribution in [1.82, 2.24) is 5.32 Å². The zero-order valence-corrected chi connectivity index (χ0v) is 11.4. The van der Waals surface area contributed by atoms with Gasteiger partial charge in [0.2, 0.25) is 0 Å². The smallest absolute Gasteiger partial charge is 0.251 e. The monoisotopic (exact) mass is 286 g/mol. The molecule has 0 saturated carbocycles. The number of hydrogen-bond acceptors (Lipinski definition) is 4. The molecule has 1 rings (SSSR count). The van der Waals surface area contributed by atoms with Gasteiger partial charge < -0.3 is 15.2 Å². The third-order valence-electron chi connectivity index (χ3n) is 2.31. The summed E-state index contributed by atoms with van der Waals surface area (Å²) in [4.78, 5) is 22.7. The highest BCUT2D eigenvalue weighted by molar-refractivity contribution is 7.98. The topological polar surface area (TPSA) is 69.2 Å². The first kappa shape index (κ1) is 14.9. The van der Waals surface area contributed by atoms with Crippen LogP contribution >= 0.6 is 23.4 Å². The van der Waals surface area contributed by atoms with E-state index in [2.05, 4.69) is 5.32 Å². The van der Waals surface area contributed by atoms with Crippen molar-refractivity contribution in [3.63, 3.8) is 0 Å². The molecule has 0 aliphatic heterocycles. The molecular weight excluding hydrogens is 274 g/mol. The molecule has 4 nitrogen and oxygen atoms in total. The van der Waals surface area contributed by atoms with Gasteiger partial charge in [-0.25, -0.2) is 0 Å². The molecule has 6 heteroatoms. The molecule has 1 atom stereocenters. The van der Waals surface area contributed by atoms with Gasteiger partial charge in [-0.05, 0) is 42.7 Å². The number of aliphatic carboxylic acids is 1. The third-order valence-corrected chi connectivity index (χ3v) is 3.20. The number of carboxylic acid groups (broad SMARTS) is 1. The van der Waals surface area contributed by atoms with Gasteiger partial charge in [0.25, 0.3) is 5.91 Å². The van der Waals surface area contributed by atoms with Crippen LogP contribution in [0.2, 0.25) is 5.02 Å². The normalized spacial score (nSPS) is 11.9. The number of nitrogens with one attached hydrogen (secondary N) is 1. The van der Waals surface area contributed by atoms with Crippen LogP contribution in [0.4, 0.5) is 0 Å². The van der Waals surface area contributed by atoms with E-state index in [4.69, 9.17) is 11.6 Å². The standard InChI is InChI=1S/C12H14ClNO3S/c1-18-7-6-10(12(16)17)14-11(15)8-2-4-9(13)5-3-8/h2-5,10H,6-7H2,1H3,(H,14,15)(H,16,17)/p-1/t10-/m0/s1. The van der Waals surface area contributed by atoms with Gasteiger partial charge in [-0.1, -0.05) is 11.6 Å². The Morgan fingerprint density at radius 1 is 1.39 bits per heavy atom. The van der Waals surface area contributed by atoms with Crippen molar-refractivity contribution >= 4 is 35.2 Å². The number of carbonyl (C=O) groups excluding carboxylic acids is 2. The molecule has 0 radical (unpaired) electrons. The van der Waals surface area contributed by atoms with E-state index in [1.807, 2.05) is 6.26 Å². The first-order valence-electron chi connectivity index (χ1n) is 5.31. The Bertz CT molecular complexity index is 422. The quantitative estimate of drug-likeness (QED) is 0.845. The molecule has 0 aliphatic carbocycles. The highest BCUT2D eigenvalue weighted by atomic mass is 35.5. The molecule has 1 aromatic rings. The lowest BCUT2D eigenvalue weighted by Crippen LogP contribution is -2.48. The fourth-order valence-electron chi connectivity index (χ4n) is 1.33. The van der Waals surface area contributed by atoms with Crippen LogP contribution in [-0.2, 0) is 4.79 Å². The minimum absolute atomic E-state index is 0.336. The van der Waals surface area contributed by atoms with E-state index >= 15 is 0 Å². The van der Waals surface area contributed by atoms with Crippen molar-refractivity contribution in [3.8, 4) is 0 Å². The SMILES string of the molecule is CSCC[C@H](NC(=O)c1ccc(Cl)cc1)C(=O)[O-]. The maximum absolute atomic E-state index is 11.8. The molecule has 98 valence electrons. The Labute approximate surface area is 115 Å². The number of amides is 1. The van der Waals surface area contributed by atoms with Crippen molar-refractivity contribution in [1.29, 1.82) is 0 Å². The largest absolute Gasteiger partial charge is 0.548 e. The Balaban J connectivity index is 2.66. The number of benzene rings is 1. The summed E-state index contributed by atoms with van der Waals surface area (Å²) in [5.74, 6) is -1.08. The summed E-state index contributed by atoms with van der Waals surface area (Å²) in [6.07, 6.45) is 2.20. The summed E-state index contributed by atoms with van der Waals surface area (Å²) in [7, 11) is 0. The first-order chi connectivity index (χ1) is 8.54. The van der Waals surface area contributed by atoms with E-state index < -0.39 is 17.9 Å². The fourth-order valence-corrected chi connectivity index (χ4v) is 1.92. The second kappa shape index (κ2) is 7.28. The molecule has 18 heavy (non-hydrogen) atoms. The van der Waals surface area contributed by atoms with Crippen molar-refractivity contribution in [2.75, 3.05) is 12.0 Å². The van der Waals surface area contributed by atoms with E-state index in [1.54, 1.807) is 24.3 Å². The number of rotatable bonds is 6. The number of thioether (sulfide) groups is 1. The number of hydrogen-bond donors (Lipinski definition) is 1. The van der Waals surface area contributed by atoms with Gasteiger partial charge in [-0.2, -0.15) is 11.8 Å². The van der Waals surface area contributed by atoms with E-state index in [-0.39, 0.29) is 0 Å². The molecule has 0 aliphatic rings. The van der Waals surface area contributed by atoms with Gasteiger partial charge in [-0.3, -0.25) is 4.79 Å². The van der Waals surface area contributed by atoms with Gasteiger partial charge in [0.1, 0.15) is 0 Å². The molecular formula is C12H13ClNO3S-.